The number of ether oxygens (including phenoxy) is 3. The van der Waals surface area contributed by atoms with E-state index >= 15 is 0 Å². The van der Waals surface area contributed by atoms with Crippen LogP contribution in [0.25, 0.3) is 0 Å². The number of rotatable bonds is 3. The van der Waals surface area contributed by atoms with E-state index in [1.165, 1.54) is 32.1 Å². The molecule has 3 rings (SSSR count). The Morgan fingerprint density at radius 2 is 1.56 bits per heavy atom. The van der Waals surface area contributed by atoms with Gasteiger partial charge in [0.25, 0.3) is 0 Å². The maximum absolute atomic E-state index is 6.11. The van der Waals surface area contributed by atoms with Gasteiger partial charge in [0.1, 0.15) is 0 Å². The van der Waals surface area contributed by atoms with Gasteiger partial charge >= 0.3 is 0 Å². The summed E-state index contributed by atoms with van der Waals surface area (Å²) in [7, 11) is 0. The van der Waals surface area contributed by atoms with Crippen LogP contribution >= 0.6 is 0 Å². The lowest BCUT2D eigenvalue weighted by molar-refractivity contribution is -0.192. The zero-order valence-electron chi connectivity index (χ0n) is 11.4. The second kappa shape index (κ2) is 5.89. The second-order valence-electron chi connectivity index (χ2n) is 6.14. The van der Waals surface area contributed by atoms with Crippen molar-refractivity contribution in [3.8, 4) is 0 Å². The fraction of sp³-hybridized carbons (Fsp3) is 1.00. The van der Waals surface area contributed by atoms with E-state index in [9.17, 15) is 0 Å². The summed E-state index contributed by atoms with van der Waals surface area (Å²) in [5.74, 6) is 0.596. The SMILES string of the molecule is C1CCC(COC2CCC3(CC2)OCCO3)CC1. The zero-order chi connectivity index (χ0) is 12.3. The minimum absolute atomic E-state index is 0.231. The van der Waals surface area contributed by atoms with E-state index < -0.39 is 0 Å². The van der Waals surface area contributed by atoms with Crippen LogP contribution in [0, 0.1) is 5.92 Å². The molecule has 104 valence electrons. The first-order valence-electron chi connectivity index (χ1n) is 7.76. The van der Waals surface area contributed by atoms with Crippen LogP contribution in [0.1, 0.15) is 57.8 Å². The molecule has 3 fully saturated rings. The molecule has 18 heavy (non-hydrogen) atoms. The molecule has 1 saturated heterocycles. The molecule has 0 aromatic heterocycles. The van der Waals surface area contributed by atoms with Crippen molar-refractivity contribution in [3.05, 3.63) is 0 Å². The minimum atomic E-state index is -0.231. The highest BCUT2D eigenvalue weighted by molar-refractivity contribution is 4.83. The molecule has 0 bridgehead atoms. The fourth-order valence-corrected chi connectivity index (χ4v) is 3.61. The monoisotopic (exact) mass is 254 g/mol. The van der Waals surface area contributed by atoms with Crippen molar-refractivity contribution in [2.24, 2.45) is 5.92 Å². The van der Waals surface area contributed by atoms with Crippen LogP contribution in [0.2, 0.25) is 0 Å². The van der Waals surface area contributed by atoms with Crippen molar-refractivity contribution >= 4 is 0 Å². The zero-order valence-corrected chi connectivity index (χ0v) is 11.4. The van der Waals surface area contributed by atoms with E-state index in [1.54, 1.807) is 0 Å². The average molecular weight is 254 g/mol. The summed E-state index contributed by atoms with van der Waals surface area (Å²) in [4.78, 5) is 0. The van der Waals surface area contributed by atoms with Crippen molar-refractivity contribution in [2.45, 2.75) is 69.7 Å². The Morgan fingerprint density at radius 3 is 2.22 bits per heavy atom. The van der Waals surface area contributed by atoms with Gasteiger partial charge in [-0.05, 0) is 31.6 Å². The first-order valence-corrected chi connectivity index (χ1v) is 7.76. The summed E-state index contributed by atoms with van der Waals surface area (Å²) in [6.45, 7) is 2.53. The highest BCUT2D eigenvalue weighted by Crippen LogP contribution is 2.37. The molecule has 0 amide bonds. The Labute approximate surface area is 110 Å². The Morgan fingerprint density at radius 1 is 0.889 bits per heavy atom. The third kappa shape index (κ3) is 3.06. The van der Waals surface area contributed by atoms with E-state index in [0.717, 1.165) is 51.4 Å². The van der Waals surface area contributed by atoms with Gasteiger partial charge in [0.15, 0.2) is 5.79 Å². The summed E-state index contributed by atoms with van der Waals surface area (Å²) in [6.07, 6.45) is 11.7. The van der Waals surface area contributed by atoms with Gasteiger partial charge < -0.3 is 14.2 Å². The van der Waals surface area contributed by atoms with Crippen LogP contribution in [0.4, 0.5) is 0 Å². The van der Waals surface area contributed by atoms with E-state index in [4.69, 9.17) is 14.2 Å². The molecule has 1 aliphatic heterocycles. The smallest absolute Gasteiger partial charge is 0.168 e. The van der Waals surface area contributed by atoms with Crippen LogP contribution in [0.5, 0.6) is 0 Å². The molecule has 0 aromatic carbocycles. The number of hydrogen-bond acceptors (Lipinski definition) is 3. The first-order chi connectivity index (χ1) is 8.86. The highest BCUT2D eigenvalue weighted by Gasteiger charge is 2.40. The molecule has 1 heterocycles. The third-order valence-corrected chi connectivity index (χ3v) is 4.80. The Bertz CT molecular complexity index is 244. The maximum Gasteiger partial charge on any atom is 0.168 e. The molecular formula is C15H26O3. The average Bonchev–Trinajstić information content (AvgIpc) is 2.88. The molecule has 0 N–H and O–H groups in total. The summed E-state index contributed by atoms with van der Waals surface area (Å²) >= 11 is 0. The summed E-state index contributed by atoms with van der Waals surface area (Å²) in [5, 5.41) is 0. The van der Waals surface area contributed by atoms with Gasteiger partial charge in [0.2, 0.25) is 0 Å². The van der Waals surface area contributed by atoms with Gasteiger partial charge in [-0.15, -0.1) is 0 Å². The first kappa shape index (κ1) is 12.9. The van der Waals surface area contributed by atoms with Crippen LogP contribution in [0.3, 0.4) is 0 Å². The van der Waals surface area contributed by atoms with E-state index in [0.29, 0.717) is 6.10 Å². The molecule has 0 radical (unpaired) electrons. The van der Waals surface area contributed by atoms with Crippen molar-refractivity contribution in [1.29, 1.82) is 0 Å². The highest BCUT2D eigenvalue weighted by atomic mass is 16.7. The predicted octanol–water partition coefficient (Wildman–Crippen LogP) is 3.27. The Hall–Kier alpha value is -0.120. The maximum atomic E-state index is 6.11. The molecule has 3 heteroatoms. The summed E-state index contributed by atoms with van der Waals surface area (Å²) in [6, 6.07) is 0. The van der Waals surface area contributed by atoms with Gasteiger partial charge in [0.05, 0.1) is 19.3 Å². The van der Waals surface area contributed by atoms with Gasteiger partial charge in [0, 0.05) is 19.4 Å². The lowest BCUT2D eigenvalue weighted by Gasteiger charge is -2.36. The van der Waals surface area contributed by atoms with Gasteiger partial charge in [-0.25, -0.2) is 0 Å². The van der Waals surface area contributed by atoms with Crippen molar-refractivity contribution in [1.82, 2.24) is 0 Å². The van der Waals surface area contributed by atoms with Crippen molar-refractivity contribution in [3.63, 3.8) is 0 Å². The molecule has 0 atom stereocenters. The fourth-order valence-electron chi connectivity index (χ4n) is 3.61. The Balaban J connectivity index is 1.37. The molecule has 2 saturated carbocycles. The number of hydrogen-bond donors (Lipinski definition) is 0. The van der Waals surface area contributed by atoms with Crippen LogP contribution in [0.15, 0.2) is 0 Å². The lowest BCUT2D eigenvalue weighted by atomic mass is 9.89. The van der Waals surface area contributed by atoms with Gasteiger partial charge in [-0.3, -0.25) is 0 Å². The van der Waals surface area contributed by atoms with Crippen LogP contribution in [-0.2, 0) is 14.2 Å². The quantitative estimate of drug-likeness (QED) is 0.773. The lowest BCUT2D eigenvalue weighted by Crippen LogP contribution is -2.38. The summed E-state index contributed by atoms with van der Waals surface area (Å²) in [5.41, 5.74) is 0. The second-order valence-corrected chi connectivity index (χ2v) is 6.14. The van der Waals surface area contributed by atoms with Gasteiger partial charge in [-0.2, -0.15) is 0 Å². The normalized spacial score (nSPS) is 30.0. The molecule has 2 aliphatic carbocycles. The predicted molar refractivity (Wildman–Crippen MR) is 69.4 cm³/mol. The topological polar surface area (TPSA) is 27.7 Å². The molecular weight excluding hydrogens is 228 g/mol. The van der Waals surface area contributed by atoms with Crippen molar-refractivity contribution in [2.75, 3.05) is 19.8 Å². The third-order valence-electron chi connectivity index (χ3n) is 4.80. The minimum Gasteiger partial charge on any atom is -0.378 e. The van der Waals surface area contributed by atoms with Crippen LogP contribution in [-0.4, -0.2) is 31.7 Å². The van der Waals surface area contributed by atoms with Crippen molar-refractivity contribution < 1.29 is 14.2 Å². The van der Waals surface area contributed by atoms with E-state index in [1.807, 2.05) is 0 Å². The molecule has 3 aliphatic rings. The van der Waals surface area contributed by atoms with Crippen LogP contribution < -0.4 is 0 Å². The van der Waals surface area contributed by atoms with E-state index in [-0.39, 0.29) is 5.79 Å². The molecule has 0 aromatic rings. The molecule has 1 spiro atoms. The Kier molecular flexibility index (Phi) is 4.22. The van der Waals surface area contributed by atoms with Gasteiger partial charge in [-0.1, -0.05) is 19.3 Å². The molecule has 0 unspecified atom stereocenters. The summed E-state index contributed by atoms with van der Waals surface area (Å²) < 4.78 is 17.6. The van der Waals surface area contributed by atoms with E-state index in [2.05, 4.69) is 0 Å². The standard InChI is InChI=1S/C15H26O3/c1-2-4-13(5-3-1)12-16-14-6-8-15(9-7-14)17-10-11-18-15/h13-14H,1-12H2. The largest absolute Gasteiger partial charge is 0.378 e. The molecule has 3 nitrogen and oxygen atoms in total.